The van der Waals surface area contributed by atoms with Gasteiger partial charge in [-0.05, 0) is 0 Å². The van der Waals surface area contributed by atoms with Gasteiger partial charge in [0.2, 0.25) is 0 Å². The predicted molar refractivity (Wildman–Crippen MR) is 49.1 cm³/mol. The standard InChI is InChI=1S/C8H8N4O/c9-7-6(5(13)1-2-10-7)8-11-3-4-12-8/h1-4H,(H,11,12)(H3,9,10,13). The number of hydrogen-bond donors (Lipinski definition) is 3. The van der Waals surface area contributed by atoms with Crippen LogP contribution in [0, 0.1) is 0 Å². The summed E-state index contributed by atoms with van der Waals surface area (Å²) in [5.41, 5.74) is 5.83. The molecule has 2 rings (SSSR count). The van der Waals surface area contributed by atoms with Crippen LogP contribution in [0.25, 0.3) is 11.4 Å². The molecule has 0 aliphatic heterocycles. The fraction of sp³-hybridized carbons (Fsp3) is 0. The van der Waals surface area contributed by atoms with Crippen LogP contribution in [0.5, 0.6) is 0 Å². The van der Waals surface area contributed by atoms with Crippen LogP contribution < -0.4 is 11.2 Å². The maximum absolute atomic E-state index is 11.4. The first kappa shape index (κ1) is 7.60. The van der Waals surface area contributed by atoms with Crippen molar-refractivity contribution in [1.29, 1.82) is 0 Å². The Bertz CT molecular complexity index is 457. The fourth-order valence-electron chi connectivity index (χ4n) is 1.14. The number of rotatable bonds is 1. The normalized spacial score (nSPS) is 10.2. The third-order valence-corrected chi connectivity index (χ3v) is 1.72. The van der Waals surface area contributed by atoms with Crippen LogP contribution in [0.1, 0.15) is 0 Å². The number of nitrogens with one attached hydrogen (secondary N) is 2. The lowest BCUT2D eigenvalue weighted by Crippen LogP contribution is -2.08. The summed E-state index contributed by atoms with van der Waals surface area (Å²) in [6.07, 6.45) is 4.71. The Labute approximate surface area is 73.6 Å². The molecular formula is C8H8N4O. The molecule has 0 radical (unpaired) electrons. The lowest BCUT2D eigenvalue weighted by Gasteiger charge is -1.99. The molecule has 0 unspecified atom stereocenters. The van der Waals surface area contributed by atoms with Gasteiger partial charge in [-0.3, -0.25) is 4.79 Å². The lowest BCUT2D eigenvalue weighted by atomic mass is 10.2. The van der Waals surface area contributed by atoms with Crippen molar-refractivity contribution in [2.75, 3.05) is 5.73 Å². The van der Waals surface area contributed by atoms with Gasteiger partial charge in [0.1, 0.15) is 17.2 Å². The Morgan fingerprint density at radius 2 is 2.15 bits per heavy atom. The van der Waals surface area contributed by atoms with Gasteiger partial charge in [0, 0.05) is 24.7 Å². The highest BCUT2D eigenvalue weighted by atomic mass is 16.1. The van der Waals surface area contributed by atoms with Crippen molar-refractivity contribution in [3.8, 4) is 11.4 Å². The van der Waals surface area contributed by atoms with Crippen molar-refractivity contribution in [3.05, 3.63) is 34.9 Å². The van der Waals surface area contributed by atoms with E-state index in [4.69, 9.17) is 5.73 Å². The first-order valence-corrected chi connectivity index (χ1v) is 3.76. The van der Waals surface area contributed by atoms with E-state index in [1.54, 1.807) is 12.4 Å². The number of nitrogen functional groups attached to an aromatic ring is 1. The molecule has 0 spiro atoms. The van der Waals surface area contributed by atoms with Crippen molar-refractivity contribution in [1.82, 2.24) is 15.0 Å². The maximum Gasteiger partial charge on any atom is 0.194 e. The zero-order valence-corrected chi connectivity index (χ0v) is 6.74. The zero-order chi connectivity index (χ0) is 9.26. The summed E-state index contributed by atoms with van der Waals surface area (Å²) in [6.45, 7) is 0. The van der Waals surface area contributed by atoms with Crippen LogP contribution in [0.2, 0.25) is 0 Å². The van der Waals surface area contributed by atoms with Crippen molar-refractivity contribution in [2.45, 2.75) is 0 Å². The van der Waals surface area contributed by atoms with Gasteiger partial charge in [0.15, 0.2) is 5.43 Å². The molecule has 0 bridgehead atoms. The average Bonchev–Trinajstić information content (AvgIpc) is 2.57. The molecule has 5 nitrogen and oxygen atoms in total. The molecule has 0 aliphatic carbocycles. The van der Waals surface area contributed by atoms with E-state index < -0.39 is 0 Å². The van der Waals surface area contributed by atoms with Gasteiger partial charge >= 0.3 is 0 Å². The summed E-state index contributed by atoms with van der Waals surface area (Å²) in [6, 6.07) is 1.41. The Hall–Kier alpha value is -2.04. The number of anilines is 1. The fourth-order valence-corrected chi connectivity index (χ4v) is 1.14. The predicted octanol–water partition coefficient (Wildman–Crippen LogP) is 0.347. The second-order valence-corrected chi connectivity index (χ2v) is 2.57. The summed E-state index contributed by atoms with van der Waals surface area (Å²) in [5.74, 6) is 0.807. The molecule has 0 saturated heterocycles. The van der Waals surface area contributed by atoms with Gasteiger partial charge in [-0.15, -0.1) is 0 Å². The number of H-pyrrole nitrogens is 2. The molecule has 2 aromatic heterocycles. The number of aromatic amines is 2. The Morgan fingerprint density at radius 1 is 1.31 bits per heavy atom. The smallest absolute Gasteiger partial charge is 0.194 e. The minimum atomic E-state index is -0.147. The number of aromatic nitrogens is 3. The Kier molecular flexibility index (Phi) is 1.63. The third kappa shape index (κ3) is 1.20. The number of nitrogens with zero attached hydrogens (tertiary/aromatic N) is 1. The summed E-state index contributed by atoms with van der Waals surface area (Å²) < 4.78 is 0. The van der Waals surface area contributed by atoms with Gasteiger partial charge in [-0.25, -0.2) is 4.98 Å². The Morgan fingerprint density at radius 3 is 2.77 bits per heavy atom. The summed E-state index contributed by atoms with van der Waals surface area (Å²) in [4.78, 5) is 20.9. The highest BCUT2D eigenvalue weighted by Gasteiger charge is 2.08. The number of hydrogen-bond acceptors (Lipinski definition) is 3. The second-order valence-electron chi connectivity index (χ2n) is 2.57. The van der Waals surface area contributed by atoms with Crippen LogP contribution >= 0.6 is 0 Å². The number of imidazole rings is 1. The van der Waals surface area contributed by atoms with Crippen molar-refractivity contribution in [3.63, 3.8) is 0 Å². The van der Waals surface area contributed by atoms with E-state index in [0.29, 0.717) is 17.2 Å². The second kappa shape index (κ2) is 2.78. The van der Waals surface area contributed by atoms with E-state index in [0.717, 1.165) is 0 Å². The van der Waals surface area contributed by atoms with Crippen molar-refractivity contribution < 1.29 is 0 Å². The Balaban J connectivity index is 2.71. The van der Waals surface area contributed by atoms with E-state index in [-0.39, 0.29) is 5.43 Å². The van der Waals surface area contributed by atoms with Crippen molar-refractivity contribution >= 4 is 5.82 Å². The van der Waals surface area contributed by atoms with E-state index in [2.05, 4.69) is 15.0 Å². The molecular weight excluding hydrogens is 168 g/mol. The van der Waals surface area contributed by atoms with Gasteiger partial charge in [0.05, 0.1) is 0 Å². The molecule has 0 saturated carbocycles. The van der Waals surface area contributed by atoms with Crippen molar-refractivity contribution in [2.24, 2.45) is 0 Å². The first-order chi connectivity index (χ1) is 6.29. The average molecular weight is 176 g/mol. The van der Waals surface area contributed by atoms with Crippen LogP contribution in [0.15, 0.2) is 29.5 Å². The molecule has 2 heterocycles. The van der Waals surface area contributed by atoms with Gasteiger partial charge in [-0.2, -0.15) is 0 Å². The SMILES string of the molecule is Nc1[nH]ccc(=O)c1-c1ncc[nH]1. The number of pyridine rings is 1. The highest BCUT2D eigenvalue weighted by molar-refractivity contribution is 5.67. The molecule has 0 aromatic carbocycles. The van der Waals surface area contributed by atoms with Crippen LogP contribution in [0.3, 0.4) is 0 Å². The van der Waals surface area contributed by atoms with Crippen LogP contribution in [-0.4, -0.2) is 15.0 Å². The lowest BCUT2D eigenvalue weighted by molar-refractivity contribution is 1.25. The molecule has 2 aromatic rings. The minimum absolute atomic E-state index is 0.147. The topological polar surface area (TPSA) is 87.6 Å². The highest BCUT2D eigenvalue weighted by Crippen LogP contribution is 2.14. The van der Waals surface area contributed by atoms with Crippen LogP contribution in [0.4, 0.5) is 5.82 Å². The summed E-state index contributed by atoms with van der Waals surface area (Å²) in [5, 5.41) is 0. The third-order valence-electron chi connectivity index (χ3n) is 1.72. The summed E-state index contributed by atoms with van der Waals surface area (Å²) in [7, 11) is 0. The molecule has 0 amide bonds. The van der Waals surface area contributed by atoms with Gasteiger partial charge < -0.3 is 15.7 Å². The minimum Gasteiger partial charge on any atom is -0.385 e. The molecule has 0 fully saturated rings. The van der Waals surface area contributed by atoms with Gasteiger partial charge in [0.25, 0.3) is 0 Å². The van der Waals surface area contributed by atoms with Gasteiger partial charge in [-0.1, -0.05) is 0 Å². The molecule has 66 valence electrons. The molecule has 13 heavy (non-hydrogen) atoms. The largest absolute Gasteiger partial charge is 0.385 e. The quantitative estimate of drug-likeness (QED) is 0.585. The summed E-state index contributed by atoms with van der Waals surface area (Å²) >= 11 is 0. The van der Waals surface area contributed by atoms with E-state index in [9.17, 15) is 4.79 Å². The monoisotopic (exact) mass is 176 g/mol. The maximum atomic E-state index is 11.4. The molecule has 4 N–H and O–H groups in total. The molecule has 5 heteroatoms. The van der Waals surface area contributed by atoms with Crippen LogP contribution in [-0.2, 0) is 0 Å². The molecule has 0 atom stereocenters. The first-order valence-electron chi connectivity index (χ1n) is 3.76. The van der Waals surface area contributed by atoms with E-state index in [1.807, 2.05) is 0 Å². The zero-order valence-electron chi connectivity index (χ0n) is 6.74. The van der Waals surface area contributed by atoms with E-state index >= 15 is 0 Å². The number of nitrogens with two attached hydrogens (primary N) is 1. The van der Waals surface area contributed by atoms with E-state index in [1.165, 1.54) is 12.3 Å². The molecule has 0 aliphatic rings.